The minimum Gasteiger partial charge on any atom is -0.756 e. The van der Waals surface area contributed by atoms with Gasteiger partial charge in [-0.1, -0.05) is 12.1 Å². The van der Waals surface area contributed by atoms with E-state index in [4.69, 9.17) is 9.63 Å². The zero-order valence-electron chi connectivity index (χ0n) is 18.2. The van der Waals surface area contributed by atoms with Crippen molar-refractivity contribution >= 4 is 19.6 Å². The van der Waals surface area contributed by atoms with Gasteiger partial charge in [-0.05, 0) is 35.7 Å². The number of nitrogens with one attached hydrogen (secondary N) is 2. The summed E-state index contributed by atoms with van der Waals surface area (Å²) in [6, 6.07) is 9.26. The Balaban J connectivity index is 0.00000274. The number of hydrogen-bond donors (Lipinski definition) is 3. The molecule has 3 atom stereocenters. The summed E-state index contributed by atoms with van der Waals surface area (Å²) >= 11 is 0. The molecule has 2 aliphatic heterocycles. The van der Waals surface area contributed by atoms with Gasteiger partial charge in [0, 0.05) is 24.8 Å². The van der Waals surface area contributed by atoms with Crippen LogP contribution < -0.4 is 44.7 Å². The minimum atomic E-state index is -4.90. The van der Waals surface area contributed by atoms with E-state index in [1.165, 1.54) is 4.90 Å². The number of phosphoric ester groups is 1. The fourth-order valence-corrected chi connectivity index (χ4v) is 4.43. The number of pyridine rings is 1. The minimum absolute atomic E-state index is 0. The first-order valence-corrected chi connectivity index (χ1v) is 11.7. The van der Waals surface area contributed by atoms with Crippen LogP contribution in [0.25, 0.3) is 11.1 Å². The van der Waals surface area contributed by atoms with Gasteiger partial charge in [-0.3, -0.25) is 14.4 Å². The van der Waals surface area contributed by atoms with E-state index < -0.39 is 32.7 Å². The molecule has 4 heterocycles. The first-order chi connectivity index (χ1) is 15.9. The molecule has 34 heavy (non-hydrogen) atoms. The van der Waals surface area contributed by atoms with Crippen molar-refractivity contribution in [3.8, 4) is 11.1 Å². The molecule has 0 saturated carbocycles. The average Bonchev–Trinajstić information content (AvgIpc) is 3.49. The first-order valence-electron chi connectivity index (χ1n) is 10.2. The molecule has 3 N–H and O–H groups in total. The first kappa shape index (κ1) is 25.0. The summed E-state index contributed by atoms with van der Waals surface area (Å²) in [5, 5.41) is 13.6. The molecule has 12 nitrogen and oxygen atoms in total. The van der Waals surface area contributed by atoms with Gasteiger partial charge in [0.2, 0.25) is 0 Å². The Hall–Kier alpha value is -2.15. The number of aromatic nitrogens is 4. The Morgan fingerprint density at radius 3 is 2.74 bits per heavy atom. The van der Waals surface area contributed by atoms with E-state index in [0.717, 1.165) is 28.1 Å². The summed E-state index contributed by atoms with van der Waals surface area (Å²) in [4.78, 5) is 38.1. The van der Waals surface area contributed by atoms with Gasteiger partial charge in [0.15, 0.2) is 0 Å². The molecule has 14 heteroatoms. The van der Waals surface area contributed by atoms with Crippen LogP contribution in [0.1, 0.15) is 17.0 Å². The van der Waals surface area contributed by atoms with E-state index in [0.29, 0.717) is 25.2 Å². The van der Waals surface area contributed by atoms with Crippen LogP contribution in [0.2, 0.25) is 0 Å². The largest absolute Gasteiger partial charge is 1.00 e. The van der Waals surface area contributed by atoms with Crippen molar-refractivity contribution < 1.29 is 58.0 Å². The number of ether oxygens (including phenoxy) is 1. The van der Waals surface area contributed by atoms with Crippen LogP contribution in [0, 0.1) is 0 Å². The number of cyclic esters (lactones) is 1. The van der Waals surface area contributed by atoms with Crippen LogP contribution >= 0.6 is 7.82 Å². The summed E-state index contributed by atoms with van der Waals surface area (Å²) in [6.45, 7) is 0.742. The topological polar surface area (TPSA) is 166 Å². The maximum atomic E-state index is 12.3. The molecule has 3 aromatic rings. The van der Waals surface area contributed by atoms with Gasteiger partial charge in [0.25, 0.3) is 7.82 Å². The molecule has 0 radical (unpaired) electrons. The maximum Gasteiger partial charge on any atom is 1.00 e. The second kappa shape index (κ2) is 10.2. The zero-order chi connectivity index (χ0) is 23.0. The third kappa shape index (κ3) is 5.40. The van der Waals surface area contributed by atoms with Crippen LogP contribution in [-0.2, 0) is 33.3 Å². The van der Waals surface area contributed by atoms with Crippen LogP contribution in [0.4, 0.5) is 10.5 Å². The standard InChI is InChI=1S/C20H21N6O6P.Na/c27-20-26-17-4-2-12(5-14(17)6-18(26)19(32-20)11-31-33(28,29)30)13-1-3-15(22-7-13)8-21-9-16-10-23-25-24-16;/h1-5,7,10,18-19,21H,6,8-9,11H2,(H,23,24,25)(H2,28,29,30);/q;+1/p-1/t18-,19-;/m0./s1. The number of phosphoric acid groups is 1. The summed E-state index contributed by atoms with van der Waals surface area (Å²) in [5.74, 6) is 0. The Bertz CT molecular complexity index is 1200. The average molecular weight is 494 g/mol. The molecule has 0 spiro atoms. The predicted octanol–water partition coefficient (Wildman–Crippen LogP) is -2.11. The molecule has 0 bridgehead atoms. The molecule has 2 aliphatic rings. The fourth-order valence-electron chi connectivity index (χ4n) is 4.10. The van der Waals surface area contributed by atoms with Gasteiger partial charge < -0.3 is 24.4 Å². The zero-order valence-corrected chi connectivity index (χ0v) is 21.1. The number of nitrogens with zero attached hydrogens (tertiary/aromatic N) is 4. The van der Waals surface area contributed by atoms with Crippen LogP contribution in [0.3, 0.4) is 0 Å². The van der Waals surface area contributed by atoms with Gasteiger partial charge in [-0.2, -0.15) is 15.4 Å². The van der Waals surface area contributed by atoms with E-state index >= 15 is 0 Å². The van der Waals surface area contributed by atoms with Crippen molar-refractivity contribution in [2.75, 3.05) is 11.5 Å². The molecular formula is C20H20N6NaO6P. The normalized spacial score (nSPS) is 20.3. The summed E-state index contributed by atoms with van der Waals surface area (Å²) in [7, 11) is -4.90. The SMILES string of the molecule is O=C1O[C@@H](COP(=O)([O-])O)[C@@H]2Cc3cc(-c4ccc(CNCc5cn[nH]n5)nc4)ccc3N12.[Na+]. The van der Waals surface area contributed by atoms with Crippen molar-refractivity contribution in [1.29, 1.82) is 0 Å². The molecule has 1 fully saturated rings. The number of carbonyl (C=O) groups excluding carboxylic acids is 1. The van der Waals surface area contributed by atoms with Gasteiger partial charge in [-0.15, -0.1) is 0 Å². The Morgan fingerprint density at radius 1 is 1.24 bits per heavy atom. The van der Waals surface area contributed by atoms with Crippen molar-refractivity contribution in [3.63, 3.8) is 0 Å². The summed E-state index contributed by atoms with van der Waals surface area (Å²) in [5.41, 5.74) is 5.24. The molecule has 0 aliphatic carbocycles. The number of benzene rings is 1. The molecular weight excluding hydrogens is 474 g/mol. The Morgan fingerprint density at radius 2 is 2.03 bits per heavy atom. The van der Waals surface area contributed by atoms with Crippen molar-refractivity contribution in [2.45, 2.75) is 31.7 Å². The van der Waals surface area contributed by atoms with Crippen molar-refractivity contribution in [2.24, 2.45) is 0 Å². The number of H-pyrrole nitrogens is 1. The maximum absolute atomic E-state index is 12.3. The quantitative estimate of drug-likeness (QED) is 0.233. The van der Waals surface area contributed by atoms with Crippen LogP contribution in [0.15, 0.2) is 42.7 Å². The molecule has 5 rings (SSSR count). The molecule has 1 unspecified atom stereocenters. The number of aromatic amines is 1. The number of rotatable bonds is 8. The molecule has 2 aromatic heterocycles. The number of fused-ring (bicyclic) bond motifs is 3. The van der Waals surface area contributed by atoms with Crippen LogP contribution in [-0.4, -0.2) is 50.1 Å². The van der Waals surface area contributed by atoms with E-state index in [9.17, 15) is 14.3 Å². The molecule has 1 aromatic carbocycles. The van der Waals surface area contributed by atoms with Crippen LogP contribution in [0.5, 0.6) is 0 Å². The molecule has 1 saturated heterocycles. The Kier molecular flexibility index (Phi) is 7.51. The Labute approximate surface area is 216 Å². The third-order valence-electron chi connectivity index (χ3n) is 5.61. The van der Waals surface area contributed by atoms with E-state index in [1.807, 2.05) is 30.3 Å². The number of anilines is 1. The number of hydrogen-bond acceptors (Lipinski definition) is 9. The smallest absolute Gasteiger partial charge is 0.756 e. The van der Waals surface area contributed by atoms with E-state index in [-0.39, 0.29) is 29.6 Å². The van der Waals surface area contributed by atoms with Gasteiger partial charge in [-0.25, -0.2) is 4.79 Å². The predicted molar refractivity (Wildman–Crippen MR) is 113 cm³/mol. The van der Waals surface area contributed by atoms with E-state index in [2.05, 4.69) is 30.2 Å². The molecule has 172 valence electrons. The monoisotopic (exact) mass is 494 g/mol. The third-order valence-corrected chi connectivity index (χ3v) is 6.09. The summed E-state index contributed by atoms with van der Waals surface area (Å²) < 4.78 is 20.6. The second-order valence-electron chi connectivity index (χ2n) is 7.77. The fraction of sp³-hybridized carbons (Fsp3) is 0.300. The van der Waals surface area contributed by atoms with Gasteiger partial charge in [0.05, 0.1) is 35.9 Å². The molecule has 1 amide bonds. The van der Waals surface area contributed by atoms with Crippen molar-refractivity contribution in [3.05, 3.63) is 59.7 Å². The second-order valence-corrected chi connectivity index (χ2v) is 8.97. The number of amides is 1. The van der Waals surface area contributed by atoms with Gasteiger partial charge >= 0.3 is 35.7 Å². The number of carbonyl (C=O) groups is 1. The van der Waals surface area contributed by atoms with E-state index in [1.54, 1.807) is 12.4 Å². The van der Waals surface area contributed by atoms with Crippen molar-refractivity contribution in [1.82, 2.24) is 25.7 Å². The summed E-state index contributed by atoms with van der Waals surface area (Å²) in [6.07, 6.45) is 2.57. The van der Waals surface area contributed by atoms with Gasteiger partial charge in [0.1, 0.15) is 6.10 Å².